The Morgan fingerprint density at radius 2 is 1.70 bits per heavy atom. The highest BCUT2D eigenvalue weighted by atomic mass is 32.2. The first kappa shape index (κ1) is 15.6. The number of alkyl halides is 3. The summed E-state index contributed by atoms with van der Waals surface area (Å²) in [6, 6.07) is 9.48. The molecule has 0 amide bonds. The molecule has 7 heteroatoms. The van der Waals surface area contributed by atoms with Gasteiger partial charge in [0.05, 0.1) is 5.56 Å². The molecule has 23 heavy (non-hydrogen) atoms. The average molecular weight is 340 g/mol. The van der Waals surface area contributed by atoms with Gasteiger partial charge in [-0.05, 0) is 17.7 Å². The van der Waals surface area contributed by atoms with Crippen molar-refractivity contribution in [3.05, 3.63) is 59.7 Å². The molecule has 0 bridgehead atoms. The van der Waals surface area contributed by atoms with Crippen molar-refractivity contribution in [3.63, 3.8) is 0 Å². The molecular weight excluding hydrogens is 329 g/mol. The van der Waals surface area contributed by atoms with Crippen molar-refractivity contribution in [2.45, 2.75) is 6.18 Å². The van der Waals surface area contributed by atoms with Crippen LogP contribution in [-0.4, -0.2) is 14.2 Å². The standard InChI is InChI=1S/C16H11F3O3S/c17-16(18,19)13-8-6-11(7-9-13)14-5-1-3-12-4-2-10-23(20,21)22-15(12)14/h1-9H,10H2. The molecule has 0 aliphatic carbocycles. The monoisotopic (exact) mass is 340 g/mol. The highest BCUT2D eigenvalue weighted by Crippen LogP contribution is 2.37. The van der Waals surface area contributed by atoms with Crippen molar-refractivity contribution in [3.8, 4) is 16.9 Å². The van der Waals surface area contributed by atoms with E-state index in [1.54, 1.807) is 24.3 Å². The number of para-hydroxylation sites is 1. The molecule has 1 aliphatic rings. The fraction of sp³-hybridized carbons (Fsp3) is 0.125. The maximum atomic E-state index is 12.6. The van der Waals surface area contributed by atoms with E-state index in [1.165, 1.54) is 18.2 Å². The smallest absolute Gasteiger partial charge is 0.381 e. The summed E-state index contributed by atoms with van der Waals surface area (Å²) in [4.78, 5) is 0. The van der Waals surface area contributed by atoms with Crippen LogP contribution in [0.15, 0.2) is 48.5 Å². The molecule has 3 nitrogen and oxygen atoms in total. The summed E-state index contributed by atoms with van der Waals surface area (Å²) in [7, 11) is -3.76. The van der Waals surface area contributed by atoms with Gasteiger partial charge in [0.25, 0.3) is 0 Å². The first-order valence-electron chi connectivity index (χ1n) is 6.66. The zero-order valence-corrected chi connectivity index (χ0v) is 12.5. The summed E-state index contributed by atoms with van der Waals surface area (Å²) >= 11 is 0. The van der Waals surface area contributed by atoms with E-state index in [2.05, 4.69) is 0 Å². The van der Waals surface area contributed by atoms with Gasteiger partial charge in [-0.3, -0.25) is 0 Å². The topological polar surface area (TPSA) is 43.4 Å². The van der Waals surface area contributed by atoms with E-state index in [0.717, 1.165) is 12.1 Å². The second-order valence-corrected chi connectivity index (χ2v) is 6.62. The van der Waals surface area contributed by atoms with Gasteiger partial charge in [-0.2, -0.15) is 21.6 Å². The summed E-state index contributed by atoms with van der Waals surface area (Å²) in [5, 5.41) is 0. The largest absolute Gasteiger partial charge is 0.416 e. The van der Waals surface area contributed by atoms with Gasteiger partial charge in [-0.25, -0.2) is 0 Å². The van der Waals surface area contributed by atoms with Crippen molar-refractivity contribution in [1.29, 1.82) is 0 Å². The Kier molecular flexibility index (Phi) is 3.68. The van der Waals surface area contributed by atoms with Crippen LogP contribution in [-0.2, 0) is 16.3 Å². The first-order chi connectivity index (χ1) is 10.8. The van der Waals surface area contributed by atoms with Gasteiger partial charge in [0.2, 0.25) is 0 Å². The SMILES string of the molecule is O=S1(=O)CC=Cc2cccc(-c3ccc(C(F)(F)F)cc3)c2O1. The van der Waals surface area contributed by atoms with Crippen molar-refractivity contribution >= 4 is 16.2 Å². The number of rotatable bonds is 1. The van der Waals surface area contributed by atoms with Gasteiger partial charge in [-0.15, -0.1) is 0 Å². The van der Waals surface area contributed by atoms with Crippen LogP contribution in [0.5, 0.6) is 5.75 Å². The van der Waals surface area contributed by atoms with E-state index in [-0.39, 0.29) is 11.5 Å². The van der Waals surface area contributed by atoms with Crippen LogP contribution >= 0.6 is 0 Å². The fourth-order valence-electron chi connectivity index (χ4n) is 2.30. The van der Waals surface area contributed by atoms with E-state index in [4.69, 9.17) is 4.18 Å². The Labute approximate surface area is 131 Å². The molecule has 0 fully saturated rings. The molecule has 2 aromatic carbocycles. The maximum Gasteiger partial charge on any atom is 0.416 e. The van der Waals surface area contributed by atoms with Gasteiger partial charge < -0.3 is 4.18 Å². The molecule has 1 aliphatic heterocycles. The van der Waals surface area contributed by atoms with Crippen LogP contribution in [0.1, 0.15) is 11.1 Å². The summed E-state index contributed by atoms with van der Waals surface area (Å²) in [6.45, 7) is 0. The van der Waals surface area contributed by atoms with E-state index < -0.39 is 21.9 Å². The second-order valence-electron chi connectivity index (χ2n) is 5.01. The van der Waals surface area contributed by atoms with Crippen LogP contribution in [0.25, 0.3) is 17.2 Å². The highest BCUT2D eigenvalue weighted by molar-refractivity contribution is 7.87. The summed E-state index contributed by atoms with van der Waals surface area (Å²) in [6.07, 6.45) is -1.33. The third-order valence-corrected chi connectivity index (χ3v) is 4.40. The maximum absolute atomic E-state index is 12.6. The Balaban J connectivity index is 2.10. The lowest BCUT2D eigenvalue weighted by atomic mass is 10.00. The number of benzene rings is 2. The molecular formula is C16H11F3O3S. The fourth-order valence-corrected chi connectivity index (χ4v) is 3.14. The summed E-state index contributed by atoms with van der Waals surface area (Å²) in [5.74, 6) is -0.130. The normalized spacial score (nSPS) is 16.3. The number of hydrogen-bond acceptors (Lipinski definition) is 3. The van der Waals surface area contributed by atoms with Crippen molar-refractivity contribution < 1.29 is 25.8 Å². The Bertz CT molecular complexity index is 866. The first-order valence-corrected chi connectivity index (χ1v) is 8.23. The van der Waals surface area contributed by atoms with Crippen molar-refractivity contribution in [1.82, 2.24) is 0 Å². The highest BCUT2D eigenvalue weighted by Gasteiger charge is 2.30. The van der Waals surface area contributed by atoms with Gasteiger partial charge >= 0.3 is 16.3 Å². The molecule has 0 saturated carbocycles. The number of hydrogen-bond donors (Lipinski definition) is 0. The van der Waals surface area contributed by atoms with Crippen LogP contribution in [0.3, 0.4) is 0 Å². The van der Waals surface area contributed by atoms with E-state index in [9.17, 15) is 21.6 Å². The molecule has 120 valence electrons. The minimum Gasteiger partial charge on any atom is -0.381 e. The van der Waals surface area contributed by atoms with Gasteiger partial charge in [0.1, 0.15) is 5.75 Å². The lowest BCUT2D eigenvalue weighted by Crippen LogP contribution is -2.11. The van der Waals surface area contributed by atoms with Crippen molar-refractivity contribution in [2.24, 2.45) is 0 Å². The summed E-state index contributed by atoms with van der Waals surface area (Å²) in [5.41, 5.74) is 0.659. The summed E-state index contributed by atoms with van der Waals surface area (Å²) < 4.78 is 66.6. The van der Waals surface area contributed by atoms with Crippen LogP contribution < -0.4 is 4.18 Å². The predicted molar refractivity (Wildman–Crippen MR) is 80.3 cm³/mol. The minimum absolute atomic E-state index is 0.126. The van der Waals surface area contributed by atoms with E-state index in [0.29, 0.717) is 16.7 Å². The third kappa shape index (κ3) is 3.24. The Morgan fingerprint density at radius 3 is 2.35 bits per heavy atom. The lowest BCUT2D eigenvalue weighted by molar-refractivity contribution is -0.137. The zero-order valence-electron chi connectivity index (χ0n) is 11.7. The molecule has 0 N–H and O–H groups in total. The van der Waals surface area contributed by atoms with Gasteiger partial charge in [0.15, 0.2) is 5.75 Å². The van der Waals surface area contributed by atoms with Crippen LogP contribution in [0.2, 0.25) is 0 Å². The molecule has 0 saturated heterocycles. The number of fused-ring (bicyclic) bond motifs is 1. The van der Waals surface area contributed by atoms with E-state index >= 15 is 0 Å². The lowest BCUT2D eigenvalue weighted by Gasteiger charge is -2.13. The Morgan fingerprint density at radius 1 is 1.00 bits per heavy atom. The second kappa shape index (κ2) is 5.42. The molecule has 3 rings (SSSR count). The minimum atomic E-state index is -4.42. The third-order valence-electron chi connectivity index (χ3n) is 3.38. The predicted octanol–water partition coefficient (Wildman–Crippen LogP) is 4.11. The zero-order chi connectivity index (χ0) is 16.7. The van der Waals surface area contributed by atoms with Crippen LogP contribution in [0, 0.1) is 0 Å². The van der Waals surface area contributed by atoms with Crippen LogP contribution in [0.4, 0.5) is 13.2 Å². The van der Waals surface area contributed by atoms with Gasteiger partial charge in [-0.1, -0.05) is 42.5 Å². The van der Waals surface area contributed by atoms with Gasteiger partial charge in [0, 0.05) is 11.1 Å². The molecule has 0 atom stereocenters. The molecule has 2 aromatic rings. The molecule has 0 radical (unpaired) electrons. The van der Waals surface area contributed by atoms with E-state index in [1.807, 2.05) is 0 Å². The molecule has 0 aromatic heterocycles. The molecule has 0 unspecified atom stereocenters. The number of halogens is 3. The Hall–Kier alpha value is -2.28. The van der Waals surface area contributed by atoms with Crippen molar-refractivity contribution in [2.75, 3.05) is 5.75 Å². The quantitative estimate of drug-likeness (QED) is 0.734. The molecule has 1 heterocycles. The molecule has 0 spiro atoms. The average Bonchev–Trinajstić information content (AvgIpc) is 2.63.